The van der Waals surface area contributed by atoms with Crippen LogP contribution in [0.1, 0.15) is 37.4 Å². The number of pyridine rings is 1. The predicted octanol–water partition coefficient (Wildman–Crippen LogP) is 6.52. The Hall–Kier alpha value is -2.78. The van der Waals surface area contributed by atoms with Crippen molar-refractivity contribution in [2.24, 2.45) is 11.8 Å². The zero-order chi connectivity index (χ0) is 26.4. The lowest BCUT2D eigenvalue weighted by atomic mass is 9.79. The number of likely N-dealkylation sites (tertiary alicyclic amines) is 1. The van der Waals surface area contributed by atoms with Gasteiger partial charge in [-0.2, -0.15) is 0 Å². The van der Waals surface area contributed by atoms with E-state index in [0.29, 0.717) is 48.5 Å². The van der Waals surface area contributed by atoms with Gasteiger partial charge in [-0.3, -0.25) is 9.78 Å². The summed E-state index contributed by atoms with van der Waals surface area (Å²) in [5.41, 5.74) is 1.26. The first-order valence-corrected chi connectivity index (χ1v) is 13.4. The molecule has 9 heteroatoms. The van der Waals surface area contributed by atoms with E-state index in [1.54, 1.807) is 31.5 Å². The summed E-state index contributed by atoms with van der Waals surface area (Å²) in [5.74, 6) is -0.912. The summed E-state index contributed by atoms with van der Waals surface area (Å²) in [6.45, 7) is 1.91. The Bertz CT molecular complexity index is 1210. The van der Waals surface area contributed by atoms with Crippen LogP contribution in [0.15, 0.2) is 53.6 Å². The van der Waals surface area contributed by atoms with Gasteiger partial charge < -0.3 is 14.7 Å². The van der Waals surface area contributed by atoms with Crippen molar-refractivity contribution in [2.45, 2.75) is 36.8 Å². The van der Waals surface area contributed by atoms with Gasteiger partial charge in [0.05, 0.1) is 17.5 Å². The van der Waals surface area contributed by atoms with E-state index in [9.17, 15) is 18.7 Å². The second kappa shape index (κ2) is 12.6. The number of fused-ring (bicyclic) bond motifs is 1. The topological polar surface area (TPSA) is 62.7 Å². The Morgan fingerprint density at radius 3 is 2.73 bits per heavy atom. The van der Waals surface area contributed by atoms with Crippen LogP contribution in [-0.4, -0.2) is 53.5 Å². The minimum absolute atomic E-state index is 0.00900. The first kappa shape index (κ1) is 27.3. The second-order valence-corrected chi connectivity index (χ2v) is 10.5. The van der Waals surface area contributed by atoms with E-state index < -0.39 is 23.8 Å². The van der Waals surface area contributed by atoms with Crippen LogP contribution in [0.2, 0.25) is 0 Å². The molecule has 3 aromatic rings. The quantitative estimate of drug-likeness (QED) is 0.284. The number of carboxylic acids is 1. The molecule has 1 aromatic heterocycles. The first-order chi connectivity index (χ1) is 17.9. The summed E-state index contributed by atoms with van der Waals surface area (Å²) >= 11 is 1.13. The fourth-order valence-electron chi connectivity index (χ4n) is 5.15. The van der Waals surface area contributed by atoms with Crippen LogP contribution in [0.25, 0.3) is 10.9 Å². The third-order valence-electron chi connectivity index (χ3n) is 7.10. The van der Waals surface area contributed by atoms with Gasteiger partial charge in [-0.1, -0.05) is 6.07 Å². The number of alkyl halides is 1. The summed E-state index contributed by atoms with van der Waals surface area (Å²) in [5, 5.41) is 10.2. The van der Waals surface area contributed by atoms with E-state index in [1.807, 2.05) is 6.07 Å². The monoisotopic (exact) mass is 532 g/mol. The number of nitrogens with zero attached hydrogens (tertiary/aromatic N) is 2. The van der Waals surface area contributed by atoms with Crippen LogP contribution < -0.4 is 4.74 Å². The fraction of sp³-hybridized carbons (Fsp3) is 0.429. The average molecular weight is 533 g/mol. The van der Waals surface area contributed by atoms with Crippen LogP contribution in [0.3, 0.4) is 0 Å². The van der Waals surface area contributed by atoms with Gasteiger partial charge in [0, 0.05) is 36.8 Å². The van der Waals surface area contributed by atoms with E-state index in [2.05, 4.69) is 9.88 Å². The van der Waals surface area contributed by atoms with E-state index in [1.165, 1.54) is 18.2 Å². The third kappa shape index (κ3) is 6.96. The molecule has 0 saturated carbocycles. The van der Waals surface area contributed by atoms with Crippen molar-refractivity contribution in [1.29, 1.82) is 0 Å². The Balaban J connectivity index is 1.35. The van der Waals surface area contributed by atoms with Crippen LogP contribution in [0, 0.1) is 23.5 Å². The van der Waals surface area contributed by atoms with Gasteiger partial charge in [-0.15, -0.1) is 11.8 Å². The summed E-state index contributed by atoms with van der Waals surface area (Å²) in [6, 6.07) is 10.9. The molecule has 1 saturated heterocycles. The maximum absolute atomic E-state index is 15.5. The summed E-state index contributed by atoms with van der Waals surface area (Å²) < 4.78 is 48.5. The van der Waals surface area contributed by atoms with Crippen molar-refractivity contribution in [3.05, 3.63) is 65.9 Å². The smallest absolute Gasteiger partial charge is 0.303 e. The van der Waals surface area contributed by atoms with Crippen LogP contribution in [0.4, 0.5) is 13.2 Å². The predicted molar refractivity (Wildman–Crippen MR) is 139 cm³/mol. The number of aliphatic carboxylic acids is 1. The van der Waals surface area contributed by atoms with Crippen LogP contribution >= 0.6 is 11.8 Å². The molecule has 1 aliphatic rings. The molecule has 0 unspecified atom stereocenters. The van der Waals surface area contributed by atoms with Crippen molar-refractivity contribution < 1.29 is 27.8 Å². The lowest BCUT2D eigenvalue weighted by molar-refractivity contribution is -0.139. The number of hydrogen-bond acceptors (Lipinski definition) is 5. The van der Waals surface area contributed by atoms with Crippen LogP contribution in [0.5, 0.6) is 5.75 Å². The molecule has 3 atom stereocenters. The number of aromatic nitrogens is 1. The van der Waals surface area contributed by atoms with Gasteiger partial charge in [0.15, 0.2) is 0 Å². The van der Waals surface area contributed by atoms with Crippen molar-refractivity contribution in [3.63, 3.8) is 0 Å². The molecule has 0 spiro atoms. The van der Waals surface area contributed by atoms with E-state index in [0.717, 1.165) is 30.1 Å². The van der Waals surface area contributed by atoms with E-state index in [4.69, 9.17) is 4.74 Å². The molecule has 0 amide bonds. The van der Waals surface area contributed by atoms with Crippen molar-refractivity contribution in [1.82, 2.24) is 9.88 Å². The normalized spacial score (nSPS) is 19.1. The molecule has 5 nitrogen and oxygen atoms in total. The van der Waals surface area contributed by atoms with Crippen molar-refractivity contribution >= 4 is 28.6 Å². The number of thioether (sulfide) groups is 1. The first-order valence-electron chi connectivity index (χ1n) is 12.4. The molecule has 2 aromatic carbocycles. The number of rotatable bonds is 11. The second-order valence-electron chi connectivity index (χ2n) is 9.43. The minimum atomic E-state index is -1.20. The fourth-order valence-corrected chi connectivity index (χ4v) is 6.12. The highest BCUT2D eigenvalue weighted by Crippen LogP contribution is 2.36. The highest BCUT2D eigenvalue weighted by molar-refractivity contribution is 7.99. The van der Waals surface area contributed by atoms with Gasteiger partial charge in [0.25, 0.3) is 0 Å². The van der Waals surface area contributed by atoms with Gasteiger partial charge in [0.1, 0.15) is 23.6 Å². The number of halogens is 3. The Labute approximate surface area is 219 Å². The molecular formula is C28H31F3N2O3S. The van der Waals surface area contributed by atoms with Crippen molar-refractivity contribution in [3.8, 4) is 5.75 Å². The standard InChI is InChI=1S/C28H31F3N2O3S/c1-36-20-6-8-26-22(16-20)21(9-11-32-26)23(29)7-5-18-10-12-33(17-19(18)15-27(34)35)13-14-37-28-24(30)3-2-4-25(28)31/h2-4,6,8-9,11,16,18-19,23H,5,7,10,12-15,17H2,1H3,(H,34,35)/t18-,19+,23+/m1/s1. The molecule has 0 bridgehead atoms. The van der Waals surface area contributed by atoms with Crippen molar-refractivity contribution in [2.75, 3.05) is 32.5 Å². The number of carboxylic acid groups (broad SMARTS) is 1. The van der Waals surface area contributed by atoms with Gasteiger partial charge >= 0.3 is 5.97 Å². The number of piperidine rings is 1. The highest BCUT2D eigenvalue weighted by atomic mass is 32.2. The molecular weight excluding hydrogens is 501 g/mol. The van der Waals surface area contributed by atoms with E-state index in [-0.39, 0.29) is 23.2 Å². The maximum atomic E-state index is 15.5. The largest absolute Gasteiger partial charge is 0.497 e. The SMILES string of the molecule is COc1ccc2nccc([C@@H](F)CC[C@@H]3CCN(CCSc4c(F)cccc4F)C[C@@H]3CC(=O)O)c2c1. The zero-order valence-corrected chi connectivity index (χ0v) is 21.5. The lowest BCUT2D eigenvalue weighted by Gasteiger charge is -2.38. The number of hydrogen-bond donors (Lipinski definition) is 1. The molecule has 1 N–H and O–H groups in total. The molecule has 4 rings (SSSR count). The minimum Gasteiger partial charge on any atom is -0.497 e. The molecule has 1 fully saturated rings. The average Bonchev–Trinajstić information content (AvgIpc) is 2.88. The molecule has 0 aliphatic carbocycles. The Morgan fingerprint density at radius 2 is 2.00 bits per heavy atom. The number of benzene rings is 2. The molecule has 0 radical (unpaired) electrons. The van der Waals surface area contributed by atoms with Gasteiger partial charge in [-0.05, 0) is 79.6 Å². The Kier molecular flexibility index (Phi) is 9.32. The van der Waals surface area contributed by atoms with E-state index >= 15 is 4.39 Å². The molecule has 37 heavy (non-hydrogen) atoms. The number of ether oxygens (including phenoxy) is 1. The van der Waals surface area contributed by atoms with Gasteiger partial charge in [0.2, 0.25) is 0 Å². The highest BCUT2D eigenvalue weighted by Gasteiger charge is 2.31. The third-order valence-corrected chi connectivity index (χ3v) is 8.16. The van der Waals surface area contributed by atoms with Crippen LogP contribution in [-0.2, 0) is 4.79 Å². The molecule has 2 heterocycles. The summed E-state index contributed by atoms with van der Waals surface area (Å²) in [6.07, 6.45) is 2.05. The summed E-state index contributed by atoms with van der Waals surface area (Å²) in [7, 11) is 1.57. The lowest BCUT2D eigenvalue weighted by Crippen LogP contribution is -2.42. The number of carbonyl (C=O) groups is 1. The zero-order valence-electron chi connectivity index (χ0n) is 20.7. The maximum Gasteiger partial charge on any atom is 0.303 e. The summed E-state index contributed by atoms with van der Waals surface area (Å²) in [4.78, 5) is 18.0. The number of methoxy groups -OCH3 is 1. The Morgan fingerprint density at radius 1 is 1.22 bits per heavy atom. The molecule has 1 aliphatic heterocycles. The van der Waals surface area contributed by atoms with Gasteiger partial charge in [-0.25, -0.2) is 13.2 Å². The molecule has 198 valence electrons.